The van der Waals surface area contributed by atoms with Crippen molar-refractivity contribution in [3.05, 3.63) is 124 Å². The summed E-state index contributed by atoms with van der Waals surface area (Å²) in [5, 5.41) is 0.955. The van der Waals surface area contributed by atoms with E-state index in [0.29, 0.717) is 21.2 Å². The summed E-state index contributed by atoms with van der Waals surface area (Å²) in [6, 6.07) is 20.9. The quantitative estimate of drug-likeness (QED) is 0.351. The fourth-order valence-electron chi connectivity index (χ4n) is 4.41. The molecule has 198 valence electrons. The molecule has 1 atom stereocenters. The Morgan fingerprint density at radius 3 is 2.15 bits per heavy atom. The highest BCUT2D eigenvalue weighted by Gasteiger charge is 2.42. The van der Waals surface area contributed by atoms with E-state index < -0.39 is 27.3 Å². The van der Waals surface area contributed by atoms with Crippen LogP contribution in [0.3, 0.4) is 0 Å². The summed E-state index contributed by atoms with van der Waals surface area (Å²) < 4.78 is 34.8. The number of halogens is 2. The van der Waals surface area contributed by atoms with Gasteiger partial charge in [0.05, 0.1) is 28.0 Å². The van der Waals surface area contributed by atoms with Crippen molar-refractivity contribution in [3.8, 4) is 0 Å². The molecule has 39 heavy (non-hydrogen) atoms. The number of methoxy groups -OCH3 is 1. The lowest BCUT2D eigenvalue weighted by Crippen LogP contribution is -2.41. The van der Waals surface area contributed by atoms with Crippen LogP contribution >= 0.6 is 34.5 Å². The van der Waals surface area contributed by atoms with Gasteiger partial charge in [-0.25, -0.2) is 13.2 Å². The van der Waals surface area contributed by atoms with Crippen LogP contribution in [0.25, 0.3) is 17.5 Å². The molecular formula is C28H20Cl2N2O5S2. The third kappa shape index (κ3) is 4.83. The van der Waals surface area contributed by atoms with E-state index in [2.05, 4.69) is 0 Å². The van der Waals surface area contributed by atoms with Crippen molar-refractivity contribution in [1.82, 2.24) is 4.57 Å². The SMILES string of the molecule is COC(=O)C1=c2s/c(=C/c3ccc(Cl)cc3)c(=O)n2C(N)=C(S(=O)(=O)c2ccccc2)C1c1ccc(Cl)cc1. The molecule has 5 rings (SSSR count). The molecular weight excluding hydrogens is 579 g/mol. The third-order valence-corrected chi connectivity index (χ3v) is 9.75. The van der Waals surface area contributed by atoms with Crippen LogP contribution in [0.2, 0.25) is 10.0 Å². The fourth-order valence-corrected chi connectivity index (χ4v) is 7.53. The lowest BCUT2D eigenvalue weighted by molar-refractivity contribution is -0.134. The van der Waals surface area contributed by atoms with Crippen molar-refractivity contribution in [2.45, 2.75) is 10.8 Å². The van der Waals surface area contributed by atoms with Crippen molar-refractivity contribution in [3.63, 3.8) is 0 Å². The summed E-state index contributed by atoms with van der Waals surface area (Å²) in [5.41, 5.74) is 7.08. The van der Waals surface area contributed by atoms with E-state index in [0.717, 1.165) is 15.9 Å². The number of carbonyl (C=O) groups excluding carboxylic acids is 1. The van der Waals surface area contributed by atoms with Gasteiger partial charge in [0.15, 0.2) is 0 Å². The first-order valence-electron chi connectivity index (χ1n) is 11.5. The predicted molar refractivity (Wildman–Crippen MR) is 153 cm³/mol. The number of allylic oxidation sites excluding steroid dienone is 1. The maximum absolute atomic E-state index is 14.1. The van der Waals surface area contributed by atoms with Crippen LogP contribution in [0, 0.1) is 0 Å². The van der Waals surface area contributed by atoms with Gasteiger partial charge in [0.25, 0.3) is 5.56 Å². The number of carbonyl (C=O) groups is 1. The summed E-state index contributed by atoms with van der Waals surface area (Å²) >= 11 is 13.1. The zero-order valence-corrected chi connectivity index (χ0v) is 23.4. The van der Waals surface area contributed by atoms with Crippen LogP contribution in [0.5, 0.6) is 0 Å². The Bertz CT molecular complexity index is 1910. The van der Waals surface area contributed by atoms with Crippen molar-refractivity contribution >= 4 is 67.8 Å². The molecule has 4 aromatic rings. The van der Waals surface area contributed by atoms with Gasteiger partial charge in [0.1, 0.15) is 15.4 Å². The number of rotatable bonds is 5. The predicted octanol–water partition coefficient (Wildman–Crippen LogP) is 3.73. The second-order valence-corrected chi connectivity index (χ2v) is 12.4. The van der Waals surface area contributed by atoms with E-state index in [1.54, 1.807) is 72.8 Å². The zero-order valence-electron chi connectivity index (χ0n) is 20.3. The minimum absolute atomic E-state index is 0.0265. The Morgan fingerprint density at radius 1 is 0.974 bits per heavy atom. The number of hydrogen-bond donors (Lipinski definition) is 1. The first kappa shape index (κ1) is 27.0. The first-order chi connectivity index (χ1) is 18.6. The molecule has 2 heterocycles. The Kier molecular flexibility index (Phi) is 7.26. The number of hydrogen-bond acceptors (Lipinski definition) is 7. The molecule has 0 saturated heterocycles. The molecule has 0 radical (unpaired) electrons. The Balaban J connectivity index is 1.92. The highest BCUT2D eigenvalue weighted by molar-refractivity contribution is 7.95. The standard InChI is InChI=1S/C28H20Cl2N2O5S2/c1-37-28(34)23-22(17-9-13-19(30)14-10-17)24(39(35,36)20-5-3-2-4-6-20)25(31)32-26(33)21(38-27(23)32)15-16-7-11-18(29)12-8-16/h2-15,22H,31H2,1H3/b21-15+. The Hall–Kier alpha value is -3.63. The van der Waals surface area contributed by atoms with E-state index in [-0.39, 0.29) is 30.4 Å². The highest BCUT2D eigenvalue weighted by atomic mass is 35.5. The fraction of sp³-hybridized carbons (Fsp3) is 0.0714. The monoisotopic (exact) mass is 598 g/mol. The summed E-state index contributed by atoms with van der Waals surface area (Å²) in [4.78, 5) is 26.7. The van der Waals surface area contributed by atoms with Gasteiger partial charge >= 0.3 is 5.97 Å². The van der Waals surface area contributed by atoms with Crippen LogP contribution in [0.15, 0.2) is 93.5 Å². The number of esters is 1. The van der Waals surface area contributed by atoms with E-state index >= 15 is 0 Å². The molecule has 2 N–H and O–H groups in total. The normalized spacial score (nSPS) is 15.8. The Morgan fingerprint density at radius 2 is 1.56 bits per heavy atom. The van der Waals surface area contributed by atoms with Crippen LogP contribution in [0.1, 0.15) is 17.0 Å². The molecule has 0 fully saturated rings. The maximum atomic E-state index is 14.1. The smallest absolute Gasteiger partial charge is 0.337 e. The van der Waals surface area contributed by atoms with Gasteiger partial charge in [-0.05, 0) is 53.6 Å². The molecule has 0 aliphatic carbocycles. The number of nitrogens with zero attached hydrogens (tertiary/aromatic N) is 1. The topological polar surface area (TPSA) is 108 Å². The lowest BCUT2D eigenvalue weighted by Gasteiger charge is -2.27. The molecule has 1 aliphatic heterocycles. The van der Waals surface area contributed by atoms with Crippen LogP contribution in [0.4, 0.5) is 0 Å². The number of fused-ring (bicyclic) bond motifs is 1. The van der Waals surface area contributed by atoms with E-state index in [1.807, 2.05) is 0 Å². The molecule has 11 heteroatoms. The molecule has 0 spiro atoms. The van der Waals surface area contributed by atoms with Crippen LogP contribution < -0.4 is 20.5 Å². The Labute approximate surface area is 237 Å². The zero-order chi connectivity index (χ0) is 27.9. The minimum atomic E-state index is -4.29. The molecule has 3 aromatic carbocycles. The third-order valence-electron chi connectivity index (χ3n) is 6.22. The largest absolute Gasteiger partial charge is 0.466 e. The van der Waals surface area contributed by atoms with Crippen molar-refractivity contribution in [2.75, 3.05) is 7.11 Å². The molecule has 0 saturated carbocycles. The van der Waals surface area contributed by atoms with Crippen molar-refractivity contribution < 1.29 is 17.9 Å². The van der Waals surface area contributed by atoms with Gasteiger partial charge in [-0.2, -0.15) is 0 Å². The average molecular weight is 600 g/mol. The number of benzene rings is 3. The van der Waals surface area contributed by atoms with E-state index in [9.17, 15) is 18.0 Å². The van der Waals surface area contributed by atoms with Crippen LogP contribution in [-0.4, -0.2) is 26.1 Å². The second-order valence-electron chi connectivity index (χ2n) is 8.56. The van der Waals surface area contributed by atoms with Crippen LogP contribution in [-0.2, 0) is 19.4 Å². The van der Waals surface area contributed by atoms with Crippen molar-refractivity contribution in [1.29, 1.82) is 0 Å². The summed E-state index contributed by atoms with van der Waals surface area (Å²) in [6.07, 6.45) is 1.62. The van der Waals surface area contributed by atoms with E-state index in [1.165, 1.54) is 19.2 Å². The summed E-state index contributed by atoms with van der Waals surface area (Å²) in [5.74, 6) is -2.25. The highest BCUT2D eigenvalue weighted by Crippen LogP contribution is 2.42. The van der Waals surface area contributed by atoms with Gasteiger partial charge in [0, 0.05) is 10.0 Å². The number of nitrogens with two attached hydrogens (primary N) is 1. The lowest BCUT2D eigenvalue weighted by atomic mass is 9.89. The second kappa shape index (κ2) is 10.5. The number of ether oxygens (including phenoxy) is 1. The molecule has 1 aliphatic rings. The number of thiazole rings is 1. The van der Waals surface area contributed by atoms with Gasteiger partial charge in [0.2, 0.25) is 9.84 Å². The van der Waals surface area contributed by atoms with Gasteiger partial charge < -0.3 is 10.5 Å². The number of aromatic nitrogens is 1. The summed E-state index contributed by atoms with van der Waals surface area (Å²) in [6.45, 7) is 0. The molecule has 1 unspecified atom stereocenters. The maximum Gasteiger partial charge on any atom is 0.337 e. The first-order valence-corrected chi connectivity index (χ1v) is 14.6. The average Bonchev–Trinajstić information content (AvgIpc) is 3.25. The van der Waals surface area contributed by atoms with Gasteiger partial charge in [-0.3, -0.25) is 9.36 Å². The molecule has 7 nitrogen and oxygen atoms in total. The molecule has 0 bridgehead atoms. The van der Waals surface area contributed by atoms with E-state index in [4.69, 9.17) is 33.7 Å². The molecule has 0 amide bonds. The molecule has 1 aromatic heterocycles. The van der Waals surface area contributed by atoms with Gasteiger partial charge in [-0.15, -0.1) is 11.3 Å². The summed E-state index contributed by atoms with van der Waals surface area (Å²) in [7, 11) is -3.10. The minimum Gasteiger partial charge on any atom is -0.466 e. The van der Waals surface area contributed by atoms with Crippen molar-refractivity contribution in [2.24, 2.45) is 5.73 Å². The number of sulfone groups is 1. The van der Waals surface area contributed by atoms with Gasteiger partial charge in [-0.1, -0.05) is 65.7 Å².